The second-order valence-corrected chi connectivity index (χ2v) is 5.86. The number of hydrogen-bond acceptors (Lipinski definition) is 3. The van der Waals surface area contributed by atoms with Gasteiger partial charge in [-0.1, -0.05) is 26.0 Å². The van der Waals surface area contributed by atoms with Gasteiger partial charge in [0.1, 0.15) is 11.8 Å². The normalized spacial score (nSPS) is 11.9. The lowest BCUT2D eigenvalue weighted by molar-refractivity contribution is -0.116. The number of rotatable bonds is 6. The fraction of sp³-hybridized carbons (Fsp3) is 0.316. The van der Waals surface area contributed by atoms with E-state index in [2.05, 4.69) is 24.5 Å². The number of hydrogen-bond donors (Lipinski definition) is 2. The summed E-state index contributed by atoms with van der Waals surface area (Å²) in [6.45, 7) is 6.13. The molecule has 0 aliphatic rings. The molecule has 0 fully saturated rings. The summed E-state index contributed by atoms with van der Waals surface area (Å²) < 4.78 is 5.12. The molecule has 0 aliphatic carbocycles. The molecule has 1 amide bonds. The molecule has 0 heterocycles. The van der Waals surface area contributed by atoms with Crippen molar-refractivity contribution in [2.45, 2.75) is 32.7 Å². The van der Waals surface area contributed by atoms with E-state index in [4.69, 9.17) is 4.74 Å². The van der Waals surface area contributed by atoms with Crippen LogP contribution < -0.4 is 15.4 Å². The van der Waals surface area contributed by atoms with Crippen molar-refractivity contribution in [3.8, 4) is 5.75 Å². The first kappa shape index (κ1) is 16.9. The van der Waals surface area contributed by atoms with E-state index in [-0.39, 0.29) is 11.9 Å². The second-order valence-electron chi connectivity index (χ2n) is 5.86. The van der Waals surface area contributed by atoms with E-state index in [1.165, 1.54) is 5.56 Å². The molecule has 4 nitrogen and oxygen atoms in total. The van der Waals surface area contributed by atoms with E-state index in [0.29, 0.717) is 5.92 Å². The molecule has 4 heteroatoms. The van der Waals surface area contributed by atoms with Crippen LogP contribution in [0.1, 0.15) is 32.3 Å². The highest BCUT2D eigenvalue weighted by Gasteiger charge is 2.13. The molecule has 0 bridgehead atoms. The maximum Gasteiger partial charge on any atom is 0.246 e. The van der Waals surface area contributed by atoms with Crippen molar-refractivity contribution in [3.63, 3.8) is 0 Å². The molecule has 2 N–H and O–H groups in total. The summed E-state index contributed by atoms with van der Waals surface area (Å²) in [7, 11) is 1.63. The van der Waals surface area contributed by atoms with E-state index in [1.807, 2.05) is 55.5 Å². The zero-order valence-electron chi connectivity index (χ0n) is 14.1. The van der Waals surface area contributed by atoms with Gasteiger partial charge in [0.15, 0.2) is 0 Å². The molecule has 2 rings (SSSR count). The quantitative estimate of drug-likeness (QED) is 0.838. The Morgan fingerprint density at radius 3 is 2.00 bits per heavy atom. The number of ether oxygens (including phenoxy) is 1. The van der Waals surface area contributed by atoms with Gasteiger partial charge in [-0.05, 0) is 54.8 Å². The van der Waals surface area contributed by atoms with Crippen molar-refractivity contribution in [1.29, 1.82) is 0 Å². The van der Waals surface area contributed by atoms with Gasteiger partial charge >= 0.3 is 0 Å². The first-order chi connectivity index (χ1) is 11.0. The van der Waals surface area contributed by atoms with E-state index in [0.717, 1.165) is 17.1 Å². The standard InChI is InChI=1S/C19H24N2O2/c1-13(2)15-5-7-17(8-6-15)21-19(22)14(3)20-16-9-11-18(23-4)12-10-16/h5-14,20H,1-4H3,(H,21,22)/t14-/m1/s1. The van der Waals surface area contributed by atoms with Gasteiger partial charge < -0.3 is 15.4 Å². The lowest BCUT2D eigenvalue weighted by atomic mass is 10.0. The molecular weight excluding hydrogens is 288 g/mol. The van der Waals surface area contributed by atoms with Gasteiger partial charge in [-0.2, -0.15) is 0 Å². The van der Waals surface area contributed by atoms with Gasteiger partial charge in [-0.3, -0.25) is 4.79 Å². The SMILES string of the molecule is COc1ccc(N[C@H](C)C(=O)Nc2ccc(C(C)C)cc2)cc1. The zero-order chi connectivity index (χ0) is 16.8. The van der Waals surface area contributed by atoms with E-state index < -0.39 is 0 Å². The minimum atomic E-state index is -0.340. The Morgan fingerprint density at radius 1 is 0.913 bits per heavy atom. The van der Waals surface area contributed by atoms with Crippen molar-refractivity contribution in [2.24, 2.45) is 0 Å². The van der Waals surface area contributed by atoms with Crippen molar-refractivity contribution in [3.05, 3.63) is 54.1 Å². The topological polar surface area (TPSA) is 50.4 Å². The van der Waals surface area contributed by atoms with Crippen LogP contribution in [0.25, 0.3) is 0 Å². The van der Waals surface area contributed by atoms with Gasteiger partial charge in [-0.15, -0.1) is 0 Å². The minimum Gasteiger partial charge on any atom is -0.497 e. The monoisotopic (exact) mass is 312 g/mol. The van der Waals surface area contributed by atoms with E-state index in [1.54, 1.807) is 7.11 Å². The summed E-state index contributed by atoms with van der Waals surface area (Å²) in [5, 5.41) is 6.10. The third-order valence-corrected chi connectivity index (χ3v) is 3.71. The van der Waals surface area contributed by atoms with Crippen LogP contribution in [0.2, 0.25) is 0 Å². The zero-order valence-corrected chi connectivity index (χ0v) is 14.1. The van der Waals surface area contributed by atoms with Crippen molar-refractivity contribution in [2.75, 3.05) is 17.7 Å². The smallest absolute Gasteiger partial charge is 0.246 e. The molecule has 0 radical (unpaired) electrons. The number of carbonyl (C=O) groups is 1. The third kappa shape index (κ3) is 4.74. The summed E-state index contributed by atoms with van der Waals surface area (Å²) >= 11 is 0. The van der Waals surface area contributed by atoms with Gasteiger partial charge in [0, 0.05) is 11.4 Å². The number of carbonyl (C=O) groups excluding carboxylic acids is 1. The van der Waals surface area contributed by atoms with Crippen LogP contribution in [0.5, 0.6) is 5.75 Å². The molecule has 0 spiro atoms. The number of benzene rings is 2. The summed E-state index contributed by atoms with van der Waals surface area (Å²) in [5.74, 6) is 1.20. The predicted molar refractivity (Wildman–Crippen MR) is 95.2 cm³/mol. The van der Waals surface area contributed by atoms with Crippen molar-refractivity contribution >= 4 is 17.3 Å². The lowest BCUT2D eigenvalue weighted by Gasteiger charge is -2.16. The van der Waals surface area contributed by atoms with Crippen LogP contribution >= 0.6 is 0 Å². The van der Waals surface area contributed by atoms with E-state index >= 15 is 0 Å². The van der Waals surface area contributed by atoms with Crippen LogP contribution in [0.4, 0.5) is 11.4 Å². The molecule has 0 saturated heterocycles. The summed E-state index contributed by atoms with van der Waals surface area (Å²) in [5.41, 5.74) is 2.94. The fourth-order valence-electron chi connectivity index (χ4n) is 2.20. The molecule has 0 unspecified atom stereocenters. The Balaban J connectivity index is 1.93. The molecular formula is C19H24N2O2. The molecule has 2 aromatic rings. The predicted octanol–water partition coefficient (Wildman–Crippen LogP) is 4.26. The van der Waals surface area contributed by atoms with Crippen LogP contribution in [0, 0.1) is 0 Å². The third-order valence-electron chi connectivity index (χ3n) is 3.71. The minimum absolute atomic E-state index is 0.0712. The van der Waals surface area contributed by atoms with Gasteiger partial charge in [-0.25, -0.2) is 0 Å². The number of anilines is 2. The van der Waals surface area contributed by atoms with Gasteiger partial charge in [0.25, 0.3) is 0 Å². The Kier molecular flexibility index (Phi) is 5.63. The highest BCUT2D eigenvalue weighted by Crippen LogP contribution is 2.18. The number of nitrogens with one attached hydrogen (secondary N) is 2. The molecule has 122 valence electrons. The average Bonchev–Trinajstić information content (AvgIpc) is 2.56. The summed E-state index contributed by atoms with van der Waals surface area (Å²) in [4.78, 5) is 12.3. The summed E-state index contributed by atoms with van der Waals surface area (Å²) in [6, 6.07) is 15.1. The molecule has 0 aromatic heterocycles. The number of methoxy groups -OCH3 is 1. The second kappa shape index (κ2) is 7.68. The average molecular weight is 312 g/mol. The fourth-order valence-corrected chi connectivity index (χ4v) is 2.20. The highest BCUT2D eigenvalue weighted by molar-refractivity contribution is 5.96. The molecule has 0 aliphatic heterocycles. The molecule has 23 heavy (non-hydrogen) atoms. The molecule has 2 aromatic carbocycles. The first-order valence-corrected chi connectivity index (χ1v) is 7.81. The van der Waals surface area contributed by atoms with Crippen LogP contribution in [-0.2, 0) is 4.79 Å². The lowest BCUT2D eigenvalue weighted by Crippen LogP contribution is -2.31. The maximum atomic E-state index is 12.3. The van der Waals surface area contributed by atoms with Crippen molar-refractivity contribution < 1.29 is 9.53 Å². The molecule has 1 atom stereocenters. The Hall–Kier alpha value is -2.49. The Bertz CT molecular complexity index is 633. The summed E-state index contributed by atoms with van der Waals surface area (Å²) in [6.07, 6.45) is 0. The van der Waals surface area contributed by atoms with Crippen molar-refractivity contribution in [1.82, 2.24) is 0 Å². The van der Waals surface area contributed by atoms with E-state index in [9.17, 15) is 4.79 Å². The van der Waals surface area contributed by atoms with Gasteiger partial charge in [0.2, 0.25) is 5.91 Å². The molecule has 0 saturated carbocycles. The number of amides is 1. The Morgan fingerprint density at radius 2 is 1.48 bits per heavy atom. The first-order valence-electron chi connectivity index (χ1n) is 7.81. The van der Waals surface area contributed by atoms with Crippen LogP contribution in [-0.4, -0.2) is 19.1 Å². The van der Waals surface area contributed by atoms with Crippen LogP contribution in [0.15, 0.2) is 48.5 Å². The Labute approximate surface area is 137 Å². The largest absolute Gasteiger partial charge is 0.497 e. The van der Waals surface area contributed by atoms with Gasteiger partial charge in [0.05, 0.1) is 7.11 Å². The van der Waals surface area contributed by atoms with Crippen LogP contribution in [0.3, 0.4) is 0 Å². The highest BCUT2D eigenvalue weighted by atomic mass is 16.5. The maximum absolute atomic E-state index is 12.3.